The summed E-state index contributed by atoms with van der Waals surface area (Å²) >= 11 is 5.20. The molecule has 4 heteroatoms. The lowest BCUT2D eigenvalue weighted by Gasteiger charge is -2.01. The molecule has 0 spiro atoms. The number of nitrogens with zero attached hydrogens (tertiary/aromatic N) is 1. The number of halogens is 1. The third kappa shape index (κ3) is 3.41. The van der Waals surface area contributed by atoms with Crippen LogP contribution in [-0.2, 0) is 13.1 Å². The van der Waals surface area contributed by atoms with Crippen molar-refractivity contribution in [3.8, 4) is 0 Å². The monoisotopic (exact) mass is 282 g/mol. The molecule has 0 aromatic carbocycles. The third-order valence-electron chi connectivity index (χ3n) is 1.96. The fourth-order valence-electron chi connectivity index (χ4n) is 1.26. The summed E-state index contributed by atoms with van der Waals surface area (Å²) in [6.45, 7) is 1.71. The predicted molar refractivity (Wildman–Crippen MR) is 66.8 cm³/mol. The highest BCUT2D eigenvalue weighted by molar-refractivity contribution is 9.11. The van der Waals surface area contributed by atoms with Gasteiger partial charge in [0.1, 0.15) is 0 Å². The first-order valence-corrected chi connectivity index (χ1v) is 6.30. The predicted octanol–water partition coefficient (Wildman–Crippen LogP) is 3.20. The molecule has 0 fully saturated rings. The molecular formula is C11H11BrN2S. The van der Waals surface area contributed by atoms with Gasteiger partial charge in [0, 0.05) is 24.2 Å². The van der Waals surface area contributed by atoms with Gasteiger partial charge in [-0.05, 0) is 40.2 Å². The number of hydrogen-bond donors (Lipinski definition) is 1. The summed E-state index contributed by atoms with van der Waals surface area (Å²) in [5.74, 6) is 0. The molecule has 15 heavy (non-hydrogen) atoms. The van der Waals surface area contributed by atoms with Gasteiger partial charge in [-0.15, -0.1) is 11.3 Å². The van der Waals surface area contributed by atoms with Crippen LogP contribution in [0.2, 0.25) is 0 Å². The van der Waals surface area contributed by atoms with Gasteiger partial charge in [-0.1, -0.05) is 6.07 Å². The SMILES string of the molecule is Brc1ccc(CNCc2ccccn2)s1. The van der Waals surface area contributed by atoms with Crippen LogP contribution in [0.15, 0.2) is 40.3 Å². The van der Waals surface area contributed by atoms with Gasteiger partial charge in [-0.2, -0.15) is 0 Å². The maximum Gasteiger partial charge on any atom is 0.0701 e. The Balaban J connectivity index is 1.80. The fourth-order valence-corrected chi connectivity index (χ4v) is 2.72. The molecule has 0 bridgehead atoms. The topological polar surface area (TPSA) is 24.9 Å². The van der Waals surface area contributed by atoms with E-state index in [9.17, 15) is 0 Å². The van der Waals surface area contributed by atoms with Gasteiger partial charge in [0.2, 0.25) is 0 Å². The molecule has 1 N–H and O–H groups in total. The van der Waals surface area contributed by atoms with E-state index >= 15 is 0 Å². The van der Waals surface area contributed by atoms with Gasteiger partial charge in [-0.25, -0.2) is 0 Å². The van der Waals surface area contributed by atoms with E-state index in [0.717, 1.165) is 18.8 Å². The maximum absolute atomic E-state index is 4.25. The van der Waals surface area contributed by atoms with E-state index in [-0.39, 0.29) is 0 Å². The Bertz CT molecular complexity index is 414. The Morgan fingerprint density at radius 3 is 2.80 bits per heavy atom. The second-order valence-corrected chi connectivity index (χ2v) is 5.68. The lowest BCUT2D eigenvalue weighted by molar-refractivity contribution is 0.686. The standard InChI is InChI=1S/C11H11BrN2S/c12-11-5-4-10(15-11)8-13-7-9-3-1-2-6-14-9/h1-6,13H,7-8H2. The van der Waals surface area contributed by atoms with Crippen molar-refractivity contribution < 1.29 is 0 Å². The van der Waals surface area contributed by atoms with Gasteiger partial charge in [-0.3, -0.25) is 4.98 Å². The first kappa shape index (κ1) is 10.8. The summed E-state index contributed by atoms with van der Waals surface area (Å²) < 4.78 is 1.18. The van der Waals surface area contributed by atoms with E-state index in [1.165, 1.54) is 8.66 Å². The summed E-state index contributed by atoms with van der Waals surface area (Å²) in [5.41, 5.74) is 1.08. The van der Waals surface area contributed by atoms with Gasteiger partial charge in [0.25, 0.3) is 0 Å². The minimum absolute atomic E-state index is 0.816. The van der Waals surface area contributed by atoms with E-state index in [4.69, 9.17) is 0 Å². The molecule has 0 radical (unpaired) electrons. The third-order valence-corrected chi connectivity index (χ3v) is 3.58. The van der Waals surface area contributed by atoms with Crippen LogP contribution in [0.25, 0.3) is 0 Å². The Morgan fingerprint density at radius 1 is 1.20 bits per heavy atom. The molecule has 0 aliphatic rings. The quantitative estimate of drug-likeness (QED) is 0.932. The highest BCUT2D eigenvalue weighted by Gasteiger charge is 1.97. The molecule has 0 atom stereocenters. The summed E-state index contributed by atoms with van der Waals surface area (Å²) in [6, 6.07) is 10.2. The molecule has 2 rings (SSSR count). The molecule has 2 aromatic rings. The highest BCUT2D eigenvalue weighted by atomic mass is 79.9. The highest BCUT2D eigenvalue weighted by Crippen LogP contribution is 2.21. The molecule has 2 aromatic heterocycles. The van der Waals surface area contributed by atoms with Crippen molar-refractivity contribution in [1.29, 1.82) is 0 Å². The largest absolute Gasteiger partial charge is 0.306 e. The van der Waals surface area contributed by atoms with Crippen LogP contribution in [-0.4, -0.2) is 4.98 Å². The zero-order chi connectivity index (χ0) is 10.5. The van der Waals surface area contributed by atoms with E-state index in [0.29, 0.717) is 0 Å². The van der Waals surface area contributed by atoms with Crippen molar-refractivity contribution in [2.45, 2.75) is 13.1 Å². The zero-order valence-corrected chi connectivity index (χ0v) is 10.5. The minimum Gasteiger partial charge on any atom is -0.306 e. The smallest absolute Gasteiger partial charge is 0.0701 e. The molecular weight excluding hydrogens is 272 g/mol. The summed E-state index contributed by atoms with van der Waals surface area (Å²) in [6.07, 6.45) is 1.82. The van der Waals surface area contributed by atoms with Crippen LogP contribution in [0.5, 0.6) is 0 Å². The van der Waals surface area contributed by atoms with Crippen LogP contribution in [0.3, 0.4) is 0 Å². The van der Waals surface area contributed by atoms with Crippen molar-refractivity contribution in [3.05, 3.63) is 50.9 Å². The van der Waals surface area contributed by atoms with Crippen LogP contribution < -0.4 is 5.32 Å². The molecule has 0 amide bonds. The van der Waals surface area contributed by atoms with Gasteiger partial charge < -0.3 is 5.32 Å². The van der Waals surface area contributed by atoms with Gasteiger partial charge in [0.15, 0.2) is 0 Å². The minimum atomic E-state index is 0.816. The Kier molecular flexibility index (Phi) is 3.88. The molecule has 0 saturated heterocycles. The van der Waals surface area contributed by atoms with Crippen LogP contribution in [0, 0.1) is 0 Å². The van der Waals surface area contributed by atoms with E-state index in [1.807, 2.05) is 24.4 Å². The Labute approximate surface area is 101 Å². The van der Waals surface area contributed by atoms with Crippen molar-refractivity contribution in [3.63, 3.8) is 0 Å². The molecule has 2 heterocycles. The zero-order valence-electron chi connectivity index (χ0n) is 8.11. The van der Waals surface area contributed by atoms with Crippen LogP contribution in [0.4, 0.5) is 0 Å². The summed E-state index contributed by atoms with van der Waals surface area (Å²) in [4.78, 5) is 5.58. The number of pyridine rings is 1. The Hall–Kier alpha value is -0.710. The van der Waals surface area contributed by atoms with E-state index < -0.39 is 0 Å². The van der Waals surface area contributed by atoms with Crippen LogP contribution >= 0.6 is 27.3 Å². The van der Waals surface area contributed by atoms with Gasteiger partial charge >= 0.3 is 0 Å². The molecule has 0 aliphatic carbocycles. The first-order valence-electron chi connectivity index (χ1n) is 4.69. The molecule has 78 valence electrons. The average molecular weight is 283 g/mol. The number of nitrogens with one attached hydrogen (secondary N) is 1. The van der Waals surface area contributed by atoms with Crippen molar-refractivity contribution in [2.75, 3.05) is 0 Å². The second-order valence-electron chi connectivity index (χ2n) is 3.13. The number of hydrogen-bond acceptors (Lipinski definition) is 3. The second kappa shape index (κ2) is 5.39. The number of aromatic nitrogens is 1. The first-order chi connectivity index (χ1) is 7.34. The normalized spacial score (nSPS) is 10.5. The molecule has 0 saturated carbocycles. The van der Waals surface area contributed by atoms with Crippen molar-refractivity contribution in [2.24, 2.45) is 0 Å². The lowest BCUT2D eigenvalue weighted by atomic mass is 10.3. The van der Waals surface area contributed by atoms with Crippen LogP contribution in [0.1, 0.15) is 10.6 Å². The van der Waals surface area contributed by atoms with E-state index in [2.05, 4.69) is 38.4 Å². The van der Waals surface area contributed by atoms with E-state index in [1.54, 1.807) is 11.3 Å². The number of thiophene rings is 1. The van der Waals surface area contributed by atoms with Crippen molar-refractivity contribution >= 4 is 27.3 Å². The lowest BCUT2D eigenvalue weighted by Crippen LogP contribution is -2.12. The maximum atomic E-state index is 4.25. The molecule has 0 unspecified atom stereocenters. The van der Waals surface area contributed by atoms with Crippen molar-refractivity contribution in [1.82, 2.24) is 10.3 Å². The molecule has 2 nitrogen and oxygen atoms in total. The fraction of sp³-hybridized carbons (Fsp3) is 0.182. The van der Waals surface area contributed by atoms with Gasteiger partial charge in [0.05, 0.1) is 9.48 Å². The average Bonchev–Trinajstić information content (AvgIpc) is 2.66. The number of rotatable bonds is 4. The molecule has 0 aliphatic heterocycles. The summed E-state index contributed by atoms with van der Waals surface area (Å²) in [5, 5.41) is 3.36. The summed E-state index contributed by atoms with van der Waals surface area (Å²) in [7, 11) is 0. The Morgan fingerprint density at radius 2 is 2.13 bits per heavy atom.